The second kappa shape index (κ2) is 3.22. The molecule has 0 atom stereocenters. The molecule has 0 aromatic carbocycles. The lowest BCUT2D eigenvalue weighted by Gasteiger charge is -1.89. The van der Waals surface area contributed by atoms with Crippen molar-refractivity contribution in [1.29, 1.82) is 0 Å². The standard InChI is InChI=1S/C8H8N4O/c1-9-8-11-7(13-12-8)6-4-2-3-5-10-6/h2-5H,1H3,(H,9,12). The average Bonchev–Trinajstić information content (AvgIpc) is 2.67. The van der Waals surface area contributed by atoms with E-state index in [2.05, 4.69) is 20.4 Å². The zero-order chi connectivity index (χ0) is 9.10. The topological polar surface area (TPSA) is 63.8 Å². The van der Waals surface area contributed by atoms with Crippen molar-refractivity contribution in [2.75, 3.05) is 12.4 Å². The van der Waals surface area contributed by atoms with Gasteiger partial charge in [-0.3, -0.25) is 4.98 Å². The van der Waals surface area contributed by atoms with Crippen LogP contribution in [-0.4, -0.2) is 22.2 Å². The third-order valence-electron chi connectivity index (χ3n) is 1.53. The minimum absolute atomic E-state index is 0.421. The molecular weight excluding hydrogens is 168 g/mol. The SMILES string of the molecule is CNc1noc(-c2ccccn2)n1. The van der Waals surface area contributed by atoms with E-state index in [9.17, 15) is 0 Å². The number of pyridine rings is 1. The Hall–Kier alpha value is -1.91. The average molecular weight is 176 g/mol. The van der Waals surface area contributed by atoms with Gasteiger partial charge in [0.1, 0.15) is 5.69 Å². The second-order valence-electron chi connectivity index (χ2n) is 2.39. The van der Waals surface area contributed by atoms with Crippen LogP contribution < -0.4 is 5.32 Å². The van der Waals surface area contributed by atoms with Gasteiger partial charge in [0.25, 0.3) is 11.8 Å². The van der Waals surface area contributed by atoms with Gasteiger partial charge in [0, 0.05) is 13.2 Å². The third kappa shape index (κ3) is 1.48. The van der Waals surface area contributed by atoms with Gasteiger partial charge in [-0.2, -0.15) is 4.98 Å². The molecule has 0 saturated heterocycles. The largest absolute Gasteiger partial charge is 0.355 e. The predicted octanol–water partition coefficient (Wildman–Crippen LogP) is 1.17. The molecule has 13 heavy (non-hydrogen) atoms. The first kappa shape index (κ1) is 7.72. The van der Waals surface area contributed by atoms with Crippen LogP contribution >= 0.6 is 0 Å². The van der Waals surface area contributed by atoms with Gasteiger partial charge >= 0.3 is 0 Å². The van der Waals surface area contributed by atoms with E-state index in [0.29, 0.717) is 17.5 Å². The molecule has 1 N–H and O–H groups in total. The molecule has 2 heterocycles. The summed E-state index contributed by atoms with van der Waals surface area (Å²) in [7, 11) is 1.73. The number of rotatable bonds is 2. The van der Waals surface area contributed by atoms with Gasteiger partial charge < -0.3 is 9.84 Å². The summed E-state index contributed by atoms with van der Waals surface area (Å²) >= 11 is 0. The summed E-state index contributed by atoms with van der Waals surface area (Å²) in [6, 6.07) is 5.51. The van der Waals surface area contributed by atoms with Crippen LogP contribution in [0, 0.1) is 0 Å². The normalized spacial score (nSPS) is 9.92. The lowest BCUT2D eigenvalue weighted by Crippen LogP contribution is -1.89. The van der Waals surface area contributed by atoms with E-state index in [0.717, 1.165) is 0 Å². The van der Waals surface area contributed by atoms with Gasteiger partial charge in [-0.25, -0.2) is 0 Å². The first-order chi connectivity index (χ1) is 6.40. The molecule has 0 bridgehead atoms. The Balaban J connectivity index is 2.36. The summed E-state index contributed by atoms with van der Waals surface area (Å²) in [4.78, 5) is 8.12. The molecule has 0 radical (unpaired) electrons. The van der Waals surface area contributed by atoms with Crippen molar-refractivity contribution >= 4 is 5.95 Å². The second-order valence-corrected chi connectivity index (χ2v) is 2.39. The van der Waals surface area contributed by atoms with E-state index in [1.54, 1.807) is 13.2 Å². The van der Waals surface area contributed by atoms with Crippen molar-refractivity contribution in [1.82, 2.24) is 15.1 Å². The first-order valence-corrected chi connectivity index (χ1v) is 3.83. The lowest BCUT2D eigenvalue weighted by atomic mass is 10.3. The Bertz CT molecular complexity index is 384. The van der Waals surface area contributed by atoms with Crippen LogP contribution in [0.2, 0.25) is 0 Å². The van der Waals surface area contributed by atoms with Crippen molar-refractivity contribution in [3.05, 3.63) is 24.4 Å². The highest BCUT2D eigenvalue weighted by Gasteiger charge is 2.06. The molecule has 0 fully saturated rings. The smallest absolute Gasteiger partial charge is 0.278 e. The summed E-state index contributed by atoms with van der Waals surface area (Å²) in [6.45, 7) is 0. The Morgan fingerprint density at radius 3 is 2.92 bits per heavy atom. The Morgan fingerprint density at radius 1 is 1.38 bits per heavy atom. The molecular formula is C8H8N4O. The number of anilines is 1. The summed E-state index contributed by atoms with van der Waals surface area (Å²) in [5.74, 6) is 0.880. The van der Waals surface area contributed by atoms with Crippen LogP contribution in [0.25, 0.3) is 11.6 Å². The Kier molecular flexibility index (Phi) is 1.91. The van der Waals surface area contributed by atoms with Gasteiger partial charge in [-0.05, 0) is 17.3 Å². The molecule has 2 aromatic rings. The van der Waals surface area contributed by atoms with E-state index in [1.165, 1.54) is 0 Å². The molecule has 0 aliphatic heterocycles. The molecule has 5 nitrogen and oxygen atoms in total. The first-order valence-electron chi connectivity index (χ1n) is 3.83. The Labute approximate surface area is 74.8 Å². The van der Waals surface area contributed by atoms with Crippen LogP contribution in [0.5, 0.6) is 0 Å². The molecule has 2 aromatic heterocycles. The van der Waals surface area contributed by atoms with Crippen LogP contribution in [0.15, 0.2) is 28.9 Å². The van der Waals surface area contributed by atoms with Crippen LogP contribution in [0.3, 0.4) is 0 Å². The van der Waals surface area contributed by atoms with E-state index in [1.807, 2.05) is 18.2 Å². The molecule has 2 rings (SSSR count). The van der Waals surface area contributed by atoms with Crippen molar-refractivity contribution in [3.63, 3.8) is 0 Å². The zero-order valence-corrected chi connectivity index (χ0v) is 7.06. The lowest BCUT2D eigenvalue weighted by molar-refractivity contribution is 0.431. The number of nitrogens with zero attached hydrogens (tertiary/aromatic N) is 3. The maximum absolute atomic E-state index is 4.96. The fourth-order valence-corrected chi connectivity index (χ4v) is 0.918. The molecule has 66 valence electrons. The van der Waals surface area contributed by atoms with E-state index < -0.39 is 0 Å². The van der Waals surface area contributed by atoms with Crippen molar-refractivity contribution in [3.8, 4) is 11.6 Å². The molecule has 5 heteroatoms. The van der Waals surface area contributed by atoms with Crippen molar-refractivity contribution < 1.29 is 4.52 Å². The molecule has 0 unspecified atom stereocenters. The van der Waals surface area contributed by atoms with Crippen LogP contribution in [0.1, 0.15) is 0 Å². The number of hydrogen-bond acceptors (Lipinski definition) is 5. The van der Waals surface area contributed by atoms with Crippen LogP contribution in [0.4, 0.5) is 5.95 Å². The van der Waals surface area contributed by atoms with Gasteiger partial charge in [0.2, 0.25) is 0 Å². The summed E-state index contributed by atoms with van der Waals surface area (Å²) in [5.41, 5.74) is 0.677. The summed E-state index contributed by atoms with van der Waals surface area (Å²) in [6.07, 6.45) is 1.68. The van der Waals surface area contributed by atoms with Gasteiger partial charge in [0.05, 0.1) is 0 Å². The Morgan fingerprint density at radius 2 is 2.31 bits per heavy atom. The maximum Gasteiger partial charge on any atom is 0.278 e. The highest BCUT2D eigenvalue weighted by atomic mass is 16.5. The minimum atomic E-state index is 0.421. The maximum atomic E-state index is 4.96. The highest BCUT2D eigenvalue weighted by Crippen LogP contribution is 2.14. The quantitative estimate of drug-likeness (QED) is 0.744. The summed E-state index contributed by atoms with van der Waals surface area (Å²) < 4.78 is 4.96. The predicted molar refractivity (Wildman–Crippen MR) is 47.1 cm³/mol. The molecule has 0 saturated carbocycles. The number of nitrogens with one attached hydrogen (secondary N) is 1. The fourth-order valence-electron chi connectivity index (χ4n) is 0.918. The monoisotopic (exact) mass is 176 g/mol. The van der Waals surface area contributed by atoms with E-state index in [-0.39, 0.29) is 0 Å². The molecule has 0 aliphatic rings. The van der Waals surface area contributed by atoms with Crippen molar-refractivity contribution in [2.24, 2.45) is 0 Å². The number of hydrogen-bond donors (Lipinski definition) is 1. The van der Waals surface area contributed by atoms with Crippen molar-refractivity contribution in [2.45, 2.75) is 0 Å². The van der Waals surface area contributed by atoms with E-state index >= 15 is 0 Å². The zero-order valence-electron chi connectivity index (χ0n) is 7.06. The number of aromatic nitrogens is 3. The van der Waals surface area contributed by atoms with Gasteiger partial charge in [-0.15, -0.1) is 0 Å². The molecule has 0 spiro atoms. The third-order valence-corrected chi connectivity index (χ3v) is 1.53. The van der Waals surface area contributed by atoms with Gasteiger partial charge in [-0.1, -0.05) is 6.07 Å². The molecule has 0 aliphatic carbocycles. The highest BCUT2D eigenvalue weighted by molar-refractivity contribution is 5.47. The minimum Gasteiger partial charge on any atom is -0.355 e. The summed E-state index contributed by atoms with van der Waals surface area (Å²) in [5, 5.41) is 6.45. The molecule has 0 amide bonds. The van der Waals surface area contributed by atoms with E-state index in [4.69, 9.17) is 4.52 Å². The fraction of sp³-hybridized carbons (Fsp3) is 0.125. The van der Waals surface area contributed by atoms with Gasteiger partial charge in [0.15, 0.2) is 0 Å². The van der Waals surface area contributed by atoms with Crippen LogP contribution in [-0.2, 0) is 0 Å².